The fourth-order valence-corrected chi connectivity index (χ4v) is 1.96. The van der Waals surface area contributed by atoms with Gasteiger partial charge in [-0.1, -0.05) is 0 Å². The van der Waals surface area contributed by atoms with Gasteiger partial charge in [-0.15, -0.1) is 0 Å². The van der Waals surface area contributed by atoms with Gasteiger partial charge in [-0.3, -0.25) is 0 Å². The van der Waals surface area contributed by atoms with Crippen LogP contribution >= 0.6 is 0 Å². The van der Waals surface area contributed by atoms with Gasteiger partial charge < -0.3 is 10.2 Å². The molecule has 0 saturated heterocycles. The fourth-order valence-electron chi connectivity index (χ4n) is 1.03. The van der Waals surface area contributed by atoms with Crippen LogP contribution in [0.5, 0.6) is 0 Å². The summed E-state index contributed by atoms with van der Waals surface area (Å²) >= 11 is 0. The largest absolute Gasteiger partial charge is 0.468 e. The van der Waals surface area contributed by atoms with E-state index in [0.29, 0.717) is 5.76 Å². The van der Waals surface area contributed by atoms with E-state index in [1.54, 1.807) is 12.1 Å². The predicted molar refractivity (Wildman–Crippen MR) is 53.0 cm³/mol. The van der Waals surface area contributed by atoms with E-state index in [4.69, 9.17) is 10.2 Å². The van der Waals surface area contributed by atoms with Gasteiger partial charge in [-0.2, -0.15) is 4.31 Å². The lowest BCUT2D eigenvalue weighted by Crippen LogP contribution is -2.31. The molecule has 1 heterocycles. The Bertz CT molecular complexity index is 358. The molecule has 14 heavy (non-hydrogen) atoms. The molecule has 6 heteroatoms. The normalized spacial score (nSPS) is 12.2. The summed E-state index contributed by atoms with van der Waals surface area (Å²) in [6, 6.07) is 3.45. The molecule has 0 atom stereocenters. The first-order valence-electron chi connectivity index (χ1n) is 4.22. The van der Waals surface area contributed by atoms with E-state index >= 15 is 0 Å². The first kappa shape index (κ1) is 11.2. The van der Waals surface area contributed by atoms with Gasteiger partial charge in [0.05, 0.1) is 18.6 Å². The average Bonchev–Trinajstić information content (AvgIpc) is 2.56. The predicted octanol–water partition coefficient (Wildman–Crippen LogP) is -0.0001000. The molecule has 0 spiro atoms. The summed E-state index contributed by atoms with van der Waals surface area (Å²) < 4.78 is 29.2. The smallest absolute Gasteiger partial charge is 0.215 e. The van der Waals surface area contributed by atoms with Gasteiger partial charge in [0, 0.05) is 13.6 Å². The highest BCUT2D eigenvalue weighted by Gasteiger charge is 2.17. The van der Waals surface area contributed by atoms with Crippen LogP contribution in [0.2, 0.25) is 0 Å². The number of hydrogen-bond donors (Lipinski definition) is 1. The quantitative estimate of drug-likeness (QED) is 0.754. The Balaban J connectivity index is 2.62. The Hall–Kier alpha value is -0.850. The molecule has 1 aromatic heterocycles. The third-order valence-corrected chi connectivity index (χ3v) is 3.64. The Morgan fingerprint density at radius 3 is 2.79 bits per heavy atom. The van der Waals surface area contributed by atoms with Crippen LogP contribution < -0.4 is 5.73 Å². The van der Waals surface area contributed by atoms with Crippen molar-refractivity contribution in [3.63, 3.8) is 0 Å². The number of furan rings is 1. The van der Waals surface area contributed by atoms with Crippen LogP contribution in [0.15, 0.2) is 22.8 Å². The molecule has 2 N–H and O–H groups in total. The van der Waals surface area contributed by atoms with Gasteiger partial charge in [0.15, 0.2) is 0 Å². The van der Waals surface area contributed by atoms with Crippen LogP contribution in [0.3, 0.4) is 0 Å². The van der Waals surface area contributed by atoms with Crippen molar-refractivity contribution < 1.29 is 12.8 Å². The molecule has 0 bridgehead atoms. The Kier molecular flexibility index (Phi) is 3.68. The molecule has 0 aliphatic heterocycles. The second-order valence-corrected chi connectivity index (χ2v) is 5.14. The molecule has 0 aliphatic rings. The molecule has 80 valence electrons. The van der Waals surface area contributed by atoms with E-state index in [2.05, 4.69) is 0 Å². The fraction of sp³-hybridized carbons (Fsp3) is 0.500. The molecule has 0 fully saturated rings. The second kappa shape index (κ2) is 4.59. The third-order valence-electron chi connectivity index (χ3n) is 1.81. The zero-order valence-electron chi connectivity index (χ0n) is 8.01. The topological polar surface area (TPSA) is 76.5 Å². The average molecular weight is 218 g/mol. The van der Waals surface area contributed by atoms with Crippen LogP contribution in [0.1, 0.15) is 5.76 Å². The van der Waals surface area contributed by atoms with Gasteiger partial charge in [0.2, 0.25) is 10.0 Å². The molecule has 0 aromatic carbocycles. The van der Waals surface area contributed by atoms with Crippen molar-refractivity contribution in [1.29, 1.82) is 0 Å². The van der Waals surface area contributed by atoms with Crippen molar-refractivity contribution in [3.8, 4) is 0 Å². The molecule has 0 unspecified atom stereocenters. The first-order chi connectivity index (χ1) is 6.56. The van der Waals surface area contributed by atoms with E-state index in [1.807, 2.05) is 0 Å². The summed E-state index contributed by atoms with van der Waals surface area (Å²) in [5.41, 5.74) is 5.20. The van der Waals surface area contributed by atoms with E-state index in [-0.39, 0.29) is 18.8 Å². The lowest BCUT2D eigenvalue weighted by molar-refractivity contribution is 0.406. The molecule has 0 radical (unpaired) electrons. The van der Waals surface area contributed by atoms with E-state index in [9.17, 15) is 8.42 Å². The minimum atomic E-state index is -3.24. The molecule has 0 saturated carbocycles. The maximum atomic E-state index is 11.5. The highest BCUT2D eigenvalue weighted by molar-refractivity contribution is 7.89. The third kappa shape index (κ3) is 2.83. The van der Waals surface area contributed by atoms with Crippen LogP contribution in [-0.2, 0) is 16.6 Å². The van der Waals surface area contributed by atoms with Crippen molar-refractivity contribution in [3.05, 3.63) is 24.2 Å². The maximum Gasteiger partial charge on any atom is 0.215 e. The summed E-state index contributed by atoms with van der Waals surface area (Å²) in [5, 5.41) is 0. The van der Waals surface area contributed by atoms with Crippen molar-refractivity contribution in [2.75, 3.05) is 19.3 Å². The SMILES string of the molecule is CN(Cc1ccco1)S(=O)(=O)CCN. The highest BCUT2D eigenvalue weighted by atomic mass is 32.2. The number of hydrogen-bond acceptors (Lipinski definition) is 4. The molecule has 5 nitrogen and oxygen atoms in total. The van der Waals surface area contributed by atoms with Gasteiger partial charge in [0.1, 0.15) is 5.76 Å². The van der Waals surface area contributed by atoms with Crippen molar-refractivity contribution >= 4 is 10.0 Å². The van der Waals surface area contributed by atoms with Crippen molar-refractivity contribution in [2.24, 2.45) is 5.73 Å². The van der Waals surface area contributed by atoms with E-state index < -0.39 is 10.0 Å². The zero-order chi connectivity index (χ0) is 10.6. The molecular weight excluding hydrogens is 204 g/mol. The van der Waals surface area contributed by atoms with Gasteiger partial charge in [-0.25, -0.2) is 8.42 Å². The molecule has 0 aliphatic carbocycles. The monoisotopic (exact) mass is 218 g/mol. The Morgan fingerprint density at radius 2 is 2.29 bits per heavy atom. The zero-order valence-corrected chi connectivity index (χ0v) is 8.83. The van der Waals surface area contributed by atoms with Crippen molar-refractivity contribution in [2.45, 2.75) is 6.54 Å². The standard InChI is InChI=1S/C8H14N2O3S/c1-10(14(11,12)6-4-9)7-8-3-2-5-13-8/h2-3,5H,4,6-7,9H2,1H3. The number of nitrogens with two attached hydrogens (primary N) is 1. The van der Waals surface area contributed by atoms with E-state index in [1.165, 1.54) is 17.6 Å². The minimum absolute atomic E-state index is 0.0375. The van der Waals surface area contributed by atoms with Crippen LogP contribution in [0.25, 0.3) is 0 Å². The number of sulfonamides is 1. The van der Waals surface area contributed by atoms with Crippen molar-refractivity contribution in [1.82, 2.24) is 4.31 Å². The number of rotatable bonds is 5. The molecule has 0 amide bonds. The van der Waals surface area contributed by atoms with Gasteiger partial charge >= 0.3 is 0 Å². The van der Waals surface area contributed by atoms with Crippen LogP contribution in [-0.4, -0.2) is 32.1 Å². The Labute approximate surface area is 83.5 Å². The number of nitrogens with zero attached hydrogens (tertiary/aromatic N) is 1. The van der Waals surface area contributed by atoms with Crippen LogP contribution in [0.4, 0.5) is 0 Å². The lowest BCUT2D eigenvalue weighted by atomic mass is 10.4. The van der Waals surface area contributed by atoms with Crippen LogP contribution in [0, 0.1) is 0 Å². The lowest BCUT2D eigenvalue weighted by Gasteiger charge is -2.14. The highest BCUT2D eigenvalue weighted by Crippen LogP contribution is 2.07. The minimum Gasteiger partial charge on any atom is -0.468 e. The summed E-state index contributed by atoms with van der Waals surface area (Å²) in [5.74, 6) is 0.581. The van der Waals surface area contributed by atoms with E-state index in [0.717, 1.165) is 0 Å². The van der Waals surface area contributed by atoms with Gasteiger partial charge in [0.25, 0.3) is 0 Å². The second-order valence-electron chi connectivity index (χ2n) is 2.94. The summed E-state index contributed by atoms with van der Waals surface area (Å²) in [4.78, 5) is 0. The first-order valence-corrected chi connectivity index (χ1v) is 5.83. The van der Waals surface area contributed by atoms with Gasteiger partial charge in [-0.05, 0) is 12.1 Å². The summed E-state index contributed by atoms with van der Waals surface area (Å²) in [7, 11) is -1.73. The maximum absolute atomic E-state index is 11.5. The summed E-state index contributed by atoms with van der Waals surface area (Å²) in [6.07, 6.45) is 1.51. The Morgan fingerprint density at radius 1 is 1.57 bits per heavy atom. The summed E-state index contributed by atoms with van der Waals surface area (Å²) in [6.45, 7) is 0.375. The molecule has 1 aromatic rings. The molecule has 1 rings (SSSR count). The molecular formula is C8H14N2O3S.